The molecule has 4 heteroatoms. The molecule has 1 N–H and O–H groups in total. The molecule has 0 radical (unpaired) electrons. The van der Waals surface area contributed by atoms with Gasteiger partial charge >= 0.3 is 0 Å². The number of aromatic nitrogens is 1. The number of hydrogen-bond donors (Lipinski definition) is 1. The van der Waals surface area contributed by atoms with Crippen molar-refractivity contribution in [3.63, 3.8) is 0 Å². The Balaban J connectivity index is 1.89. The van der Waals surface area contributed by atoms with Crippen LogP contribution in [0, 0.1) is 0 Å². The van der Waals surface area contributed by atoms with Gasteiger partial charge in [0.05, 0.1) is 0 Å². The summed E-state index contributed by atoms with van der Waals surface area (Å²) in [4.78, 5) is 1.42. The van der Waals surface area contributed by atoms with Gasteiger partial charge in [0.2, 0.25) is 0 Å². The Kier molecular flexibility index (Phi) is 2.79. The summed E-state index contributed by atoms with van der Waals surface area (Å²) in [7, 11) is 0. The van der Waals surface area contributed by atoms with E-state index in [0.717, 1.165) is 30.8 Å². The van der Waals surface area contributed by atoms with Gasteiger partial charge in [-0.2, -0.15) is 0 Å². The number of rotatable bonds is 2. The minimum Gasteiger partial charge on any atom is -0.356 e. The highest BCUT2D eigenvalue weighted by Gasteiger charge is 2.25. The van der Waals surface area contributed by atoms with Crippen LogP contribution in [0.1, 0.15) is 36.9 Å². The zero-order valence-electron chi connectivity index (χ0n) is 11.0. The number of hydrogen-bond acceptors (Lipinski definition) is 4. The SMILES string of the molecule is CC(C)(C)NCc1noc2c1CCc1sccc1-2. The first-order valence-electron chi connectivity index (χ1n) is 6.34. The van der Waals surface area contributed by atoms with Crippen LogP contribution < -0.4 is 5.32 Å². The summed E-state index contributed by atoms with van der Waals surface area (Å²) in [5.74, 6) is 0.989. The number of nitrogens with one attached hydrogen (secondary N) is 1. The Bertz CT molecular complexity index is 563. The van der Waals surface area contributed by atoms with Crippen LogP contribution in [0.3, 0.4) is 0 Å². The lowest BCUT2D eigenvalue weighted by molar-refractivity contribution is 0.392. The molecule has 3 nitrogen and oxygen atoms in total. The van der Waals surface area contributed by atoms with Gasteiger partial charge in [0.1, 0.15) is 5.69 Å². The Morgan fingerprint density at radius 2 is 2.22 bits per heavy atom. The Morgan fingerprint density at radius 1 is 1.39 bits per heavy atom. The quantitative estimate of drug-likeness (QED) is 0.901. The van der Waals surface area contributed by atoms with Crippen molar-refractivity contribution >= 4 is 11.3 Å². The average molecular weight is 262 g/mol. The maximum Gasteiger partial charge on any atom is 0.171 e. The molecule has 0 saturated carbocycles. The van der Waals surface area contributed by atoms with E-state index in [2.05, 4.69) is 42.7 Å². The van der Waals surface area contributed by atoms with Crippen LogP contribution in [-0.4, -0.2) is 10.7 Å². The Hall–Kier alpha value is -1.13. The van der Waals surface area contributed by atoms with Crippen molar-refractivity contribution in [2.24, 2.45) is 0 Å². The Morgan fingerprint density at radius 3 is 3.00 bits per heavy atom. The van der Waals surface area contributed by atoms with E-state index in [1.165, 1.54) is 16.0 Å². The van der Waals surface area contributed by atoms with E-state index in [1.807, 2.05) is 11.3 Å². The number of thiophene rings is 1. The van der Waals surface area contributed by atoms with Crippen LogP contribution in [0.2, 0.25) is 0 Å². The number of aryl methyl sites for hydroxylation is 1. The fraction of sp³-hybridized carbons (Fsp3) is 0.500. The molecule has 2 aromatic rings. The standard InChI is InChI=1S/C14H18N2OS/c1-14(2,3)15-8-11-9-4-5-12-10(6-7-18-12)13(9)17-16-11/h6-7,15H,4-5,8H2,1-3H3. The molecular weight excluding hydrogens is 244 g/mol. The molecule has 0 aliphatic heterocycles. The van der Waals surface area contributed by atoms with Gasteiger partial charge in [0, 0.05) is 28.1 Å². The molecule has 2 aromatic heterocycles. The third kappa shape index (κ3) is 2.10. The molecule has 0 atom stereocenters. The van der Waals surface area contributed by atoms with E-state index in [4.69, 9.17) is 4.52 Å². The normalized spacial score (nSPS) is 14.4. The summed E-state index contributed by atoms with van der Waals surface area (Å²) >= 11 is 1.81. The van der Waals surface area contributed by atoms with E-state index in [-0.39, 0.29) is 5.54 Å². The Labute approximate surface area is 111 Å². The van der Waals surface area contributed by atoms with E-state index in [0.29, 0.717) is 0 Å². The van der Waals surface area contributed by atoms with Crippen molar-refractivity contribution in [3.8, 4) is 11.3 Å². The second kappa shape index (κ2) is 4.21. The zero-order valence-corrected chi connectivity index (χ0v) is 11.9. The van der Waals surface area contributed by atoms with Crippen molar-refractivity contribution in [1.82, 2.24) is 10.5 Å². The van der Waals surface area contributed by atoms with E-state index in [9.17, 15) is 0 Å². The van der Waals surface area contributed by atoms with Gasteiger partial charge in [0.25, 0.3) is 0 Å². The third-order valence-corrected chi connectivity index (χ3v) is 4.23. The minimum absolute atomic E-state index is 0.105. The summed E-state index contributed by atoms with van der Waals surface area (Å²) in [5.41, 5.74) is 3.71. The molecule has 18 heavy (non-hydrogen) atoms. The fourth-order valence-corrected chi connectivity index (χ4v) is 3.15. The van der Waals surface area contributed by atoms with Crippen LogP contribution in [0.5, 0.6) is 0 Å². The highest BCUT2D eigenvalue weighted by atomic mass is 32.1. The molecule has 0 fully saturated rings. The molecule has 1 aliphatic carbocycles. The third-order valence-electron chi connectivity index (χ3n) is 3.25. The van der Waals surface area contributed by atoms with Crippen LogP contribution >= 0.6 is 11.3 Å². The lowest BCUT2D eigenvalue weighted by Crippen LogP contribution is -2.35. The summed E-state index contributed by atoms with van der Waals surface area (Å²) in [6.45, 7) is 7.27. The molecular formula is C14H18N2OS. The number of nitrogens with zero attached hydrogens (tertiary/aromatic N) is 1. The fourth-order valence-electron chi connectivity index (χ4n) is 2.27. The molecule has 3 rings (SSSR count). The van der Waals surface area contributed by atoms with Gasteiger partial charge in [-0.25, -0.2) is 0 Å². The van der Waals surface area contributed by atoms with Crippen molar-refractivity contribution in [1.29, 1.82) is 0 Å². The average Bonchev–Trinajstić information content (AvgIpc) is 2.91. The first-order chi connectivity index (χ1) is 8.54. The van der Waals surface area contributed by atoms with Gasteiger partial charge < -0.3 is 9.84 Å². The van der Waals surface area contributed by atoms with Crippen molar-refractivity contribution in [2.45, 2.75) is 45.7 Å². The summed E-state index contributed by atoms with van der Waals surface area (Å²) in [5, 5.41) is 9.85. The van der Waals surface area contributed by atoms with Gasteiger partial charge in [-0.05, 0) is 45.1 Å². The molecule has 0 spiro atoms. The van der Waals surface area contributed by atoms with Crippen LogP contribution in [0.15, 0.2) is 16.0 Å². The summed E-state index contributed by atoms with van der Waals surface area (Å²) in [6.07, 6.45) is 2.16. The van der Waals surface area contributed by atoms with Gasteiger partial charge in [-0.3, -0.25) is 0 Å². The van der Waals surface area contributed by atoms with Crippen molar-refractivity contribution in [2.75, 3.05) is 0 Å². The molecule has 96 valence electrons. The molecule has 0 amide bonds. The zero-order chi connectivity index (χ0) is 12.8. The molecule has 2 heterocycles. The maximum absolute atomic E-state index is 5.55. The lowest BCUT2D eigenvalue weighted by atomic mass is 9.95. The molecule has 0 saturated heterocycles. The van der Waals surface area contributed by atoms with E-state index >= 15 is 0 Å². The van der Waals surface area contributed by atoms with E-state index in [1.54, 1.807) is 0 Å². The first kappa shape index (κ1) is 11.9. The lowest BCUT2D eigenvalue weighted by Gasteiger charge is -2.20. The predicted molar refractivity (Wildman–Crippen MR) is 73.8 cm³/mol. The smallest absolute Gasteiger partial charge is 0.171 e. The monoisotopic (exact) mass is 262 g/mol. The first-order valence-corrected chi connectivity index (χ1v) is 7.22. The summed E-state index contributed by atoms with van der Waals surface area (Å²) < 4.78 is 5.55. The molecule has 0 unspecified atom stereocenters. The van der Waals surface area contributed by atoms with Crippen LogP contribution in [0.25, 0.3) is 11.3 Å². The largest absolute Gasteiger partial charge is 0.356 e. The van der Waals surface area contributed by atoms with E-state index < -0.39 is 0 Å². The van der Waals surface area contributed by atoms with Gasteiger partial charge in [0.15, 0.2) is 5.76 Å². The highest BCUT2D eigenvalue weighted by molar-refractivity contribution is 7.10. The highest BCUT2D eigenvalue weighted by Crippen LogP contribution is 2.38. The van der Waals surface area contributed by atoms with Crippen LogP contribution in [-0.2, 0) is 19.4 Å². The van der Waals surface area contributed by atoms with Crippen molar-refractivity contribution < 1.29 is 4.52 Å². The molecule has 0 aromatic carbocycles. The van der Waals surface area contributed by atoms with Gasteiger partial charge in [-0.15, -0.1) is 11.3 Å². The predicted octanol–water partition coefficient (Wildman–Crippen LogP) is 3.39. The second-order valence-corrected chi connectivity index (χ2v) is 6.80. The number of fused-ring (bicyclic) bond motifs is 3. The van der Waals surface area contributed by atoms with Crippen LogP contribution in [0.4, 0.5) is 0 Å². The molecule has 0 bridgehead atoms. The second-order valence-electron chi connectivity index (χ2n) is 5.80. The topological polar surface area (TPSA) is 38.1 Å². The minimum atomic E-state index is 0.105. The summed E-state index contributed by atoms with van der Waals surface area (Å²) in [6, 6.07) is 2.14. The maximum atomic E-state index is 5.55. The molecule has 1 aliphatic rings. The van der Waals surface area contributed by atoms with Crippen molar-refractivity contribution in [3.05, 3.63) is 27.6 Å². The van der Waals surface area contributed by atoms with Gasteiger partial charge in [-0.1, -0.05) is 5.16 Å².